The van der Waals surface area contributed by atoms with Gasteiger partial charge in [-0.15, -0.1) is 0 Å². The third kappa shape index (κ3) is 5.99. The molecule has 0 saturated carbocycles. The summed E-state index contributed by atoms with van der Waals surface area (Å²) >= 11 is 1.60. The highest BCUT2D eigenvalue weighted by Crippen LogP contribution is 2.08. The van der Waals surface area contributed by atoms with Crippen LogP contribution in [0.2, 0.25) is 0 Å². The molecule has 0 unspecified atom stereocenters. The highest BCUT2D eigenvalue weighted by molar-refractivity contribution is 7.90. The quantitative estimate of drug-likeness (QED) is 0.804. The molecule has 0 saturated heterocycles. The van der Waals surface area contributed by atoms with E-state index in [0.29, 0.717) is 12.8 Å². The van der Waals surface area contributed by atoms with E-state index in [1.807, 2.05) is 35.0 Å². The van der Waals surface area contributed by atoms with E-state index in [-0.39, 0.29) is 24.0 Å². The van der Waals surface area contributed by atoms with Crippen LogP contribution in [0.4, 0.5) is 0 Å². The van der Waals surface area contributed by atoms with Crippen LogP contribution in [0.1, 0.15) is 17.5 Å². The summed E-state index contributed by atoms with van der Waals surface area (Å²) in [6.45, 7) is 0.164. The van der Waals surface area contributed by atoms with Crippen LogP contribution >= 0.6 is 11.3 Å². The van der Waals surface area contributed by atoms with Crippen LogP contribution in [-0.4, -0.2) is 26.6 Å². The fraction of sp³-hybridized carbons (Fsp3) is 0.312. The Kier molecular flexibility index (Phi) is 6.15. The van der Waals surface area contributed by atoms with Gasteiger partial charge in [0.1, 0.15) is 0 Å². The average Bonchev–Trinajstić information content (AvgIpc) is 2.99. The number of rotatable bonds is 8. The summed E-state index contributed by atoms with van der Waals surface area (Å²) in [6, 6.07) is 11.0. The van der Waals surface area contributed by atoms with Crippen molar-refractivity contribution in [2.24, 2.45) is 0 Å². The van der Waals surface area contributed by atoms with Crippen molar-refractivity contribution in [2.75, 3.05) is 12.3 Å². The molecular weight excluding hydrogens is 318 g/mol. The molecule has 0 fully saturated rings. The third-order valence-electron chi connectivity index (χ3n) is 3.19. The molecule has 0 bridgehead atoms. The number of nitrogens with one attached hydrogen (secondary N) is 1. The molecule has 0 spiro atoms. The van der Waals surface area contributed by atoms with E-state index in [1.165, 1.54) is 0 Å². The smallest absolute Gasteiger partial charge is 0.220 e. The number of hydrogen-bond acceptors (Lipinski definition) is 4. The molecule has 0 aliphatic carbocycles. The SMILES string of the molecule is O=C(CCc1ccsc1)NCCS(=O)(=O)Cc1ccccc1. The Morgan fingerprint density at radius 1 is 1.09 bits per heavy atom. The van der Waals surface area contributed by atoms with E-state index in [2.05, 4.69) is 5.32 Å². The van der Waals surface area contributed by atoms with Crippen LogP contribution in [0.3, 0.4) is 0 Å². The lowest BCUT2D eigenvalue weighted by Crippen LogP contribution is -2.29. The van der Waals surface area contributed by atoms with Crippen molar-refractivity contribution in [1.29, 1.82) is 0 Å². The number of benzene rings is 1. The Balaban J connectivity index is 1.69. The van der Waals surface area contributed by atoms with Crippen molar-refractivity contribution < 1.29 is 13.2 Å². The van der Waals surface area contributed by atoms with Crippen molar-refractivity contribution in [3.05, 3.63) is 58.3 Å². The summed E-state index contributed by atoms with van der Waals surface area (Å²) in [6.07, 6.45) is 1.07. The van der Waals surface area contributed by atoms with Crippen molar-refractivity contribution in [2.45, 2.75) is 18.6 Å². The fourth-order valence-electron chi connectivity index (χ4n) is 2.03. The molecule has 22 heavy (non-hydrogen) atoms. The van der Waals surface area contributed by atoms with Crippen molar-refractivity contribution >= 4 is 27.1 Å². The molecule has 4 nitrogen and oxygen atoms in total. The zero-order chi connectivity index (χ0) is 15.8. The van der Waals surface area contributed by atoms with Gasteiger partial charge in [-0.2, -0.15) is 11.3 Å². The molecule has 0 atom stereocenters. The van der Waals surface area contributed by atoms with Crippen LogP contribution in [0, 0.1) is 0 Å². The van der Waals surface area contributed by atoms with Gasteiger partial charge in [0.15, 0.2) is 9.84 Å². The van der Waals surface area contributed by atoms with Crippen LogP contribution in [0.5, 0.6) is 0 Å². The van der Waals surface area contributed by atoms with E-state index < -0.39 is 9.84 Å². The molecular formula is C16H19NO3S2. The number of thiophene rings is 1. The molecule has 2 aromatic rings. The predicted molar refractivity (Wildman–Crippen MR) is 89.6 cm³/mol. The van der Waals surface area contributed by atoms with Gasteiger partial charge in [-0.3, -0.25) is 4.79 Å². The van der Waals surface area contributed by atoms with Gasteiger partial charge in [0, 0.05) is 13.0 Å². The minimum atomic E-state index is -3.20. The van der Waals surface area contributed by atoms with E-state index in [4.69, 9.17) is 0 Å². The molecule has 1 amide bonds. The maximum atomic E-state index is 12.0. The zero-order valence-corrected chi connectivity index (χ0v) is 13.8. The summed E-state index contributed by atoms with van der Waals surface area (Å²) < 4.78 is 24.0. The number of sulfone groups is 1. The van der Waals surface area contributed by atoms with Crippen LogP contribution < -0.4 is 5.32 Å². The Hall–Kier alpha value is -1.66. The predicted octanol–water partition coefficient (Wildman–Crippen LogP) is 2.41. The molecule has 1 aromatic carbocycles. The largest absolute Gasteiger partial charge is 0.355 e. The van der Waals surface area contributed by atoms with Crippen LogP contribution in [-0.2, 0) is 26.8 Å². The molecule has 0 radical (unpaired) electrons. The average molecular weight is 337 g/mol. The second-order valence-corrected chi connectivity index (χ2v) is 8.02. The molecule has 1 heterocycles. The number of carbonyl (C=O) groups excluding carboxylic acids is 1. The van der Waals surface area contributed by atoms with E-state index in [9.17, 15) is 13.2 Å². The zero-order valence-electron chi connectivity index (χ0n) is 12.2. The summed E-state index contributed by atoms with van der Waals surface area (Å²) in [5, 5.41) is 6.66. The maximum Gasteiger partial charge on any atom is 0.220 e. The van der Waals surface area contributed by atoms with Gasteiger partial charge < -0.3 is 5.32 Å². The summed E-state index contributed by atoms with van der Waals surface area (Å²) in [7, 11) is -3.20. The van der Waals surface area contributed by atoms with Crippen LogP contribution in [0.25, 0.3) is 0 Å². The Bertz CT molecular complexity index is 679. The number of amides is 1. The van der Waals surface area contributed by atoms with E-state index in [1.54, 1.807) is 23.5 Å². The van der Waals surface area contributed by atoms with E-state index >= 15 is 0 Å². The van der Waals surface area contributed by atoms with Crippen molar-refractivity contribution in [1.82, 2.24) is 5.32 Å². The second kappa shape index (κ2) is 8.10. The first-order valence-electron chi connectivity index (χ1n) is 7.07. The normalized spacial score (nSPS) is 11.3. The minimum Gasteiger partial charge on any atom is -0.355 e. The van der Waals surface area contributed by atoms with Gasteiger partial charge in [-0.25, -0.2) is 8.42 Å². The monoisotopic (exact) mass is 337 g/mol. The van der Waals surface area contributed by atoms with Crippen LogP contribution in [0.15, 0.2) is 47.2 Å². The Morgan fingerprint density at radius 2 is 1.86 bits per heavy atom. The van der Waals surface area contributed by atoms with Gasteiger partial charge in [0.05, 0.1) is 11.5 Å². The topological polar surface area (TPSA) is 63.2 Å². The molecule has 1 N–H and O–H groups in total. The number of aryl methyl sites for hydroxylation is 1. The maximum absolute atomic E-state index is 12.0. The summed E-state index contributed by atoms with van der Waals surface area (Å²) in [5.74, 6) is -0.133. The van der Waals surface area contributed by atoms with Crippen molar-refractivity contribution in [3.63, 3.8) is 0 Å². The van der Waals surface area contributed by atoms with Gasteiger partial charge in [-0.05, 0) is 34.4 Å². The molecule has 2 rings (SSSR count). The Labute approximate surface area is 135 Å². The van der Waals surface area contributed by atoms with E-state index in [0.717, 1.165) is 11.1 Å². The van der Waals surface area contributed by atoms with Gasteiger partial charge in [0.25, 0.3) is 0 Å². The van der Waals surface area contributed by atoms with Gasteiger partial charge in [0.2, 0.25) is 5.91 Å². The second-order valence-electron chi connectivity index (χ2n) is 5.06. The summed E-state index contributed by atoms with van der Waals surface area (Å²) in [4.78, 5) is 11.7. The summed E-state index contributed by atoms with van der Waals surface area (Å²) in [5.41, 5.74) is 1.91. The lowest BCUT2D eigenvalue weighted by Gasteiger charge is -2.06. The lowest BCUT2D eigenvalue weighted by atomic mass is 10.2. The number of hydrogen-bond donors (Lipinski definition) is 1. The molecule has 0 aliphatic rings. The van der Waals surface area contributed by atoms with Crippen molar-refractivity contribution in [3.8, 4) is 0 Å². The van der Waals surface area contributed by atoms with Gasteiger partial charge >= 0.3 is 0 Å². The standard InChI is InChI=1S/C16H19NO3S2/c18-16(7-6-14-8-10-21-12-14)17-9-11-22(19,20)13-15-4-2-1-3-5-15/h1-5,8,10,12H,6-7,9,11,13H2,(H,17,18). The highest BCUT2D eigenvalue weighted by atomic mass is 32.2. The molecule has 0 aliphatic heterocycles. The molecule has 118 valence electrons. The first-order valence-corrected chi connectivity index (χ1v) is 9.84. The van der Waals surface area contributed by atoms with Gasteiger partial charge in [-0.1, -0.05) is 30.3 Å². The number of carbonyl (C=O) groups is 1. The fourth-order valence-corrected chi connectivity index (χ4v) is 3.99. The minimum absolute atomic E-state index is 0.0125. The third-order valence-corrected chi connectivity index (χ3v) is 5.52. The first-order chi connectivity index (χ1) is 10.6. The molecule has 6 heteroatoms. The highest BCUT2D eigenvalue weighted by Gasteiger charge is 2.12. The molecule has 1 aromatic heterocycles. The lowest BCUT2D eigenvalue weighted by molar-refractivity contribution is -0.120. The Morgan fingerprint density at radius 3 is 2.55 bits per heavy atom. The first kappa shape index (κ1) is 16.7.